The van der Waals surface area contributed by atoms with Crippen LogP contribution in [-0.2, 0) is 4.79 Å². The largest absolute Gasteiger partial charge is 0.287 e. The molecule has 1 aliphatic rings. The van der Waals surface area contributed by atoms with Crippen LogP contribution < -0.4 is 5.43 Å². The van der Waals surface area contributed by atoms with Gasteiger partial charge in [-0.2, -0.15) is 5.10 Å². The van der Waals surface area contributed by atoms with Crippen LogP contribution in [0, 0.1) is 6.92 Å². The van der Waals surface area contributed by atoms with Gasteiger partial charge in [0.25, 0.3) is 0 Å². The third-order valence-corrected chi connectivity index (χ3v) is 3.30. The third-order valence-electron chi connectivity index (χ3n) is 3.30. The SMILES string of the molecule is Cc1ccccc1N/N=C1\C(=O)C=Cc2ccccc21. The molecule has 3 heteroatoms. The molecule has 0 atom stereocenters. The van der Waals surface area contributed by atoms with Crippen LogP contribution in [0.5, 0.6) is 0 Å². The highest BCUT2D eigenvalue weighted by atomic mass is 16.1. The lowest BCUT2D eigenvalue weighted by molar-refractivity contribution is -0.108. The molecular formula is C17H14N2O. The van der Waals surface area contributed by atoms with Gasteiger partial charge in [-0.3, -0.25) is 10.2 Å². The van der Waals surface area contributed by atoms with Crippen molar-refractivity contribution in [2.24, 2.45) is 5.10 Å². The Morgan fingerprint density at radius 1 is 0.950 bits per heavy atom. The summed E-state index contributed by atoms with van der Waals surface area (Å²) in [5.41, 5.74) is 7.30. The van der Waals surface area contributed by atoms with Crippen molar-refractivity contribution in [2.75, 3.05) is 5.43 Å². The van der Waals surface area contributed by atoms with Crippen molar-refractivity contribution in [1.82, 2.24) is 0 Å². The fourth-order valence-corrected chi connectivity index (χ4v) is 2.16. The van der Waals surface area contributed by atoms with Gasteiger partial charge in [0.2, 0.25) is 5.78 Å². The van der Waals surface area contributed by atoms with Crippen LogP contribution in [0.3, 0.4) is 0 Å². The van der Waals surface area contributed by atoms with Gasteiger partial charge in [0.15, 0.2) is 0 Å². The Bertz CT molecular complexity index is 729. The van der Waals surface area contributed by atoms with Crippen LogP contribution in [0.25, 0.3) is 6.08 Å². The van der Waals surface area contributed by atoms with Crippen molar-refractivity contribution in [1.29, 1.82) is 0 Å². The molecule has 3 nitrogen and oxygen atoms in total. The minimum absolute atomic E-state index is 0.0789. The minimum Gasteiger partial charge on any atom is -0.287 e. The standard InChI is InChI=1S/C17H14N2O/c1-12-6-2-5-9-15(12)18-19-17-14-8-4-3-7-13(14)10-11-16(17)20/h2-11,18H,1H3/b19-17-. The second-order valence-electron chi connectivity index (χ2n) is 4.67. The first-order valence-corrected chi connectivity index (χ1v) is 6.47. The summed E-state index contributed by atoms with van der Waals surface area (Å²) in [6, 6.07) is 15.6. The lowest BCUT2D eigenvalue weighted by atomic mass is 9.95. The fraction of sp³-hybridized carbons (Fsp3) is 0.0588. The van der Waals surface area contributed by atoms with Crippen LogP contribution in [-0.4, -0.2) is 11.5 Å². The summed E-state index contributed by atoms with van der Waals surface area (Å²) in [5, 5.41) is 4.30. The Balaban J connectivity index is 1.97. The molecule has 0 fully saturated rings. The number of aryl methyl sites for hydroxylation is 1. The van der Waals surface area contributed by atoms with E-state index in [1.165, 1.54) is 0 Å². The van der Waals surface area contributed by atoms with Crippen LogP contribution in [0.15, 0.2) is 59.7 Å². The molecule has 0 saturated carbocycles. The van der Waals surface area contributed by atoms with E-state index in [-0.39, 0.29) is 5.78 Å². The number of rotatable bonds is 2. The van der Waals surface area contributed by atoms with Crippen molar-refractivity contribution < 1.29 is 4.79 Å². The van der Waals surface area contributed by atoms with E-state index in [0.717, 1.165) is 22.4 Å². The summed E-state index contributed by atoms with van der Waals surface area (Å²) >= 11 is 0. The van der Waals surface area contributed by atoms with Crippen molar-refractivity contribution in [3.63, 3.8) is 0 Å². The second kappa shape index (κ2) is 5.13. The van der Waals surface area contributed by atoms with E-state index in [2.05, 4.69) is 10.5 Å². The zero-order valence-electron chi connectivity index (χ0n) is 11.1. The molecule has 0 aromatic heterocycles. The maximum atomic E-state index is 12.0. The summed E-state index contributed by atoms with van der Waals surface area (Å²) < 4.78 is 0. The molecular weight excluding hydrogens is 248 g/mol. The van der Waals surface area contributed by atoms with Crippen LogP contribution in [0.1, 0.15) is 16.7 Å². The van der Waals surface area contributed by atoms with E-state index in [4.69, 9.17) is 0 Å². The highest BCUT2D eigenvalue weighted by molar-refractivity contribution is 6.52. The molecule has 98 valence electrons. The maximum Gasteiger partial charge on any atom is 0.206 e. The van der Waals surface area contributed by atoms with Crippen molar-refractivity contribution in [3.05, 3.63) is 71.3 Å². The Morgan fingerprint density at radius 3 is 2.55 bits per heavy atom. The number of hydrogen-bond acceptors (Lipinski definition) is 3. The Labute approximate surface area is 117 Å². The number of para-hydroxylation sites is 1. The number of allylic oxidation sites excluding steroid dienone is 1. The molecule has 3 rings (SSSR count). The number of hydrazone groups is 1. The number of carbonyl (C=O) groups excluding carboxylic acids is 1. The van der Waals surface area contributed by atoms with Gasteiger partial charge in [-0.1, -0.05) is 48.5 Å². The van der Waals surface area contributed by atoms with Crippen LogP contribution in [0.4, 0.5) is 5.69 Å². The van der Waals surface area contributed by atoms with E-state index in [1.807, 2.05) is 61.5 Å². The van der Waals surface area contributed by atoms with Gasteiger partial charge < -0.3 is 0 Å². The molecule has 0 heterocycles. The zero-order chi connectivity index (χ0) is 13.9. The number of ketones is 1. The first-order chi connectivity index (χ1) is 9.75. The normalized spacial score (nSPS) is 15.2. The first kappa shape index (κ1) is 12.4. The Kier molecular flexibility index (Phi) is 3.17. The predicted molar refractivity (Wildman–Crippen MR) is 81.8 cm³/mol. The van der Waals surface area contributed by atoms with E-state index >= 15 is 0 Å². The number of nitrogens with zero attached hydrogens (tertiary/aromatic N) is 1. The van der Waals surface area contributed by atoms with E-state index in [1.54, 1.807) is 6.08 Å². The average molecular weight is 262 g/mol. The molecule has 1 aliphatic carbocycles. The summed E-state index contributed by atoms with van der Waals surface area (Å²) in [7, 11) is 0. The fourth-order valence-electron chi connectivity index (χ4n) is 2.16. The van der Waals surface area contributed by atoms with Gasteiger partial charge in [-0.25, -0.2) is 0 Å². The van der Waals surface area contributed by atoms with Gasteiger partial charge in [-0.15, -0.1) is 0 Å². The third kappa shape index (κ3) is 2.26. The van der Waals surface area contributed by atoms with Crippen molar-refractivity contribution in [2.45, 2.75) is 6.92 Å². The summed E-state index contributed by atoms with van der Waals surface area (Å²) in [6.45, 7) is 2.00. The van der Waals surface area contributed by atoms with Crippen LogP contribution in [0.2, 0.25) is 0 Å². The molecule has 2 aromatic carbocycles. The highest BCUT2D eigenvalue weighted by Crippen LogP contribution is 2.19. The van der Waals surface area contributed by atoms with Gasteiger partial charge in [0, 0.05) is 5.56 Å². The summed E-state index contributed by atoms with van der Waals surface area (Å²) in [6.07, 6.45) is 3.38. The maximum absolute atomic E-state index is 12.0. The predicted octanol–water partition coefficient (Wildman–Crippen LogP) is 3.41. The van der Waals surface area contributed by atoms with Gasteiger partial charge in [-0.05, 0) is 30.2 Å². The van der Waals surface area contributed by atoms with Gasteiger partial charge in [0.1, 0.15) is 5.71 Å². The topological polar surface area (TPSA) is 41.5 Å². The lowest BCUT2D eigenvalue weighted by Crippen LogP contribution is -2.19. The smallest absolute Gasteiger partial charge is 0.206 e. The molecule has 0 bridgehead atoms. The monoisotopic (exact) mass is 262 g/mol. The lowest BCUT2D eigenvalue weighted by Gasteiger charge is -2.12. The molecule has 0 saturated heterocycles. The average Bonchev–Trinajstić information content (AvgIpc) is 2.48. The number of carbonyl (C=O) groups is 1. The molecule has 20 heavy (non-hydrogen) atoms. The Morgan fingerprint density at radius 2 is 1.70 bits per heavy atom. The number of fused-ring (bicyclic) bond motifs is 1. The molecule has 0 unspecified atom stereocenters. The number of benzene rings is 2. The van der Waals surface area contributed by atoms with Gasteiger partial charge >= 0.3 is 0 Å². The Hall–Kier alpha value is -2.68. The molecule has 0 aliphatic heterocycles. The number of hydrogen-bond donors (Lipinski definition) is 1. The molecule has 2 aromatic rings. The highest BCUT2D eigenvalue weighted by Gasteiger charge is 2.18. The van der Waals surface area contributed by atoms with E-state index < -0.39 is 0 Å². The van der Waals surface area contributed by atoms with Gasteiger partial charge in [0.05, 0.1) is 5.69 Å². The minimum atomic E-state index is -0.0789. The molecule has 0 radical (unpaired) electrons. The quantitative estimate of drug-likeness (QED) is 0.843. The van der Waals surface area contributed by atoms with Crippen LogP contribution >= 0.6 is 0 Å². The number of nitrogens with one attached hydrogen (secondary N) is 1. The zero-order valence-corrected chi connectivity index (χ0v) is 11.1. The van der Waals surface area contributed by atoms with Crippen molar-refractivity contribution >= 4 is 23.3 Å². The number of anilines is 1. The summed E-state index contributed by atoms with van der Waals surface area (Å²) in [4.78, 5) is 12.0. The molecule has 0 amide bonds. The van der Waals surface area contributed by atoms with E-state index in [0.29, 0.717) is 5.71 Å². The second-order valence-corrected chi connectivity index (χ2v) is 4.67. The van der Waals surface area contributed by atoms with E-state index in [9.17, 15) is 4.79 Å². The first-order valence-electron chi connectivity index (χ1n) is 6.47. The molecule has 0 spiro atoms. The summed E-state index contributed by atoms with van der Waals surface area (Å²) in [5.74, 6) is -0.0789. The molecule has 1 N–H and O–H groups in total. The van der Waals surface area contributed by atoms with Crippen molar-refractivity contribution in [3.8, 4) is 0 Å².